The monoisotopic (exact) mass is 165 g/mol. The Morgan fingerprint density at radius 2 is 2.20 bits per heavy atom. The molecule has 0 saturated heterocycles. The van der Waals surface area contributed by atoms with Gasteiger partial charge in [-0.2, -0.15) is 0 Å². The Morgan fingerprint density at radius 1 is 1.50 bits per heavy atom. The van der Waals surface area contributed by atoms with Crippen molar-refractivity contribution >= 4 is 10.8 Å². The molecular weight excluding hydrogens is 150 g/mol. The van der Waals surface area contributed by atoms with Crippen LogP contribution in [0.4, 0.5) is 0 Å². The first-order chi connectivity index (χ1) is 4.81. The van der Waals surface area contributed by atoms with Crippen molar-refractivity contribution in [1.29, 1.82) is 0 Å². The smallest absolute Gasteiger partial charge is 0.0581 e. The summed E-state index contributed by atoms with van der Waals surface area (Å²) in [6.45, 7) is 3.70. The SMILES string of the molecule is CCOCCS(=O)CCN. The van der Waals surface area contributed by atoms with E-state index in [4.69, 9.17) is 10.5 Å². The van der Waals surface area contributed by atoms with E-state index in [1.54, 1.807) is 0 Å². The zero-order valence-corrected chi connectivity index (χ0v) is 7.15. The Balaban J connectivity index is 3.05. The molecule has 0 aliphatic heterocycles. The van der Waals surface area contributed by atoms with Crippen molar-refractivity contribution in [2.75, 3.05) is 31.3 Å². The highest BCUT2D eigenvalue weighted by Gasteiger charge is 1.95. The molecule has 10 heavy (non-hydrogen) atoms. The molecule has 0 aromatic carbocycles. The van der Waals surface area contributed by atoms with Crippen molar-refractivity contribution in [3.05, 3.63) is 0 Å². The molecule has 2 N–H and O–H groups in total. The maximum Gasteiger partial charge on any atom is 0.0581 e. The van der Waals surface area contributed by atoms with Crippen LogP contribution in [0, 0.1) is 0 Å². The predicted molar refractivity (Wildman–Crippen MR) is 43.4 cm³/mol. The Bertz CT molecular complexity index is 97.7. The number of hydrogen-bond acceptors (Lipinski definition) is 3. The Morgan fingerprint density at radius 3 is 2.70 bits per heavy atom. The summed E-state index contributed by atoms with van der Waals surface area (Å²) >= 11 is 0. The van der Waals surface area contributed by atoms with Gasteiger partial charge < -0.3 is 10.5 Å². The van der Waals surface area contributed by atoms with Gasteiger partial charge in [0.2, 0.25) is 0 Å². The molecule has 0 aromatic rings. The summed E-state index contributed by atoms with van der Waals surface area (Å²) in [4.78, 5) is 0. The summed E-state index contributed by atoms with van der Waals surface area (Å²) in [6, 6.07) is 0. The second-order valence-electron chi connectivity index (χ2n) is 1.83. The van der Waals surface area contributed by atoms with Crippen LogP contribution >= 0.6 is 0 Å². The highest BCUT2D eigenvalue weighted by Crippen LogP contribution is 1.81. The van der Waals surface area contributed by atoms with E-state index < -0.39 is 10.8 Å². The van der Waals surface area contributed by atoms with Crippen LogP contribution in [0.3, 0.4) is 0 Å². The highest BCUT2D eigenvalue weighted by molar-refractivity contribution is 7.85. The molecule has 0 aliphatic carbocycles. The van der Waals surface area contributed by atoms with E-state index in [2.05, 4.69) is 0 Å². The lowest BCUT2D eigenvalue weighted by Gasteiger charge is -1.99. The van der Waals surface area contributed by atoms with Gasteiger partial charge in [-0.05, 0) is 6.92 Å². The summed E-state index contributed by atoms with van der Waals surface area (Å²) in [7, 11) is -0.772. The van der Waals surface area contributed by atoms with Crippen LogP contribution in [0.15, 0.2) is 0 Å². The largest absolute Gasteiger partial charge is 0.381 e. The summed E-state index contributed by atoms with van der Waals surface area (Å²) in [5.74, 6) is 1.21. The third kappa shape index (κ3) is 6.19. The Labute approximate surface area is 64.4 Å². The normalized spacial score (nSPS) is 13.4. The van der Waals surface area contributed by atoms with E-state index in [9.17, 15) is 4.21 Å². The fraction of sp³-hybridized carbons (Fsp3) is 1.00. The molecule has 0 saturated carbocycles. The van der Waals surface area contributed by atoms with Gasteiger partial charge >= 0.3 is 0 Å². The van der Waals surface area contributed by atoms with Crippen molar-refractivity contribution < 1.29 is 8.95 Å². The summed E-state index contributed by atoms with van der Waals surface area (Å²) < 4.78 is 15.9. The van der Waals surface area contributed by atoms with Crippen LogP contribution in [0.1, 0.15) is 6.92 Å². The summed E-state index contributed by atoms with van der Waals surface area (Å²) in [5.41, 5.74) is 5.20. The van der Waals surface area contributed by atoms with Crippen LogP contribution in [-0.4, -0.2) is 35.5 Å². The second kappa shape index (κ2) is 7.18. The number of rotatable bonds is 6. The van der Waals surface area contributed by atoms with Gasteiger partial charge in [-0.1, -0.05) is 0 Å². The third-order valence-corrected chi connectivity index (χ3v) is 2.32. The minimum atomic E-state index is -0.772. The third-order valence-electron chi connectivity index (χ3n) is 1.00. The van der Waals surface area contributed by atoms with E-state index in [0.717, 1.165) is 0 Å². The first kappa shape index (κ1) is 10.1. The molecule has 0 aromatic heterocycles. The van der Waals surface area contributed by atoms with Crippen LogP contribution in [0.2, 0.25) is 0 Å². The van der Waals surface area contributed by atoms with Crippen molar-refractivity contribution in [2.24, 2.45) is 5.73 Å². The molecule has 0 heterocycles. The molecule has 3 nitrogen and oxygen atoms in total. The molecule has 0 spiro atoms. The van der Waals surface area contributed by atoms with Gasteiger partial charge in [-0.25, -0.2) is 0 Å². The van der Waals surface area contributed by atoms with E-state index in [0.29, 0.717) is 31.3 Å². The number of ether oxygens (including phenoxy) is 1. The molecule has 0 amide bonds. The minimum absolute atomic E-state index is 0.499. The standard InChI is InChI=1S/C6H15NO2S/c1-2-9-4-6-10(8)5-3-7/h2-7H2,1H3. The molecule has 0 rings (SSSR count). The first-order valence-electron chi connectivity index (χ1n) is 3.44. The molecule has 0 bridgehead atoms. The quantitative estimate of drug-likeness (QED) is 0.551. The molecule has 0 aliphatic rings. The van der Waals surface area contributed by atoms with Crippen molar-refractivity contribution in [3.8, 4) is 0 Å². The van der Waals surface area contributed by atoms with Gasteiger partial charge in [0, 0.05) is 35.5 Å². The maximum absolute atomic E-state index is 10.9. The predicted octanol–water partition coefficient (Wildman–Crippen LogP) is -0.270. The van der Waals surface area contributed by atoms with Gasteiger partial charge in [-0.3, -0.25) is 4.21 Å². The minimum Gasteiger partial charge on any atom is -0.381 e. The fourth-order valence-electron chi connectivity index (χ4n) is 0.530. The van der Waals surface area contributed by atoms with E-state index >= 15 is 0 Å². The lowest BCUT2D eigenvalue weighted by Crippen LogP contribution is -2.15. The van der Waals surface area contributed by atoms with Crippen molar-refractivity contribution in [2.45, 2.75) is 6.92 Å². The maximum atomic E-state index is 10.9. The zero-order chi connectivity index (χ0) is 7.82. The molecule has 0 radical (unpaired) electrons. The molecule has 1 atom stereocenters. The van der Waals surface area contributed by atoms with Gasteiger partial charge in [0.1, 0.15) is 0 Å². The van der Waals surface area contributed by atoms with Crippen molar-refractivity contribution in [3.63, 3.8) is 0 Å². The molecular formula is C6H15NO2S. The molecule has 62 valence electrons. The lowest BCUT2D eigenvalue weighted by atomic mass is 10.8. The van der Waals surface area contributed by atoms with Crippen LogP contribution in [0.5, 0.6) is 0 Å². The van der Waals surface area contributed by atoms with Gasteiger partial charge in [0.05, 0.1) is 6.61 Å². The van der Waals surface area contributed by atoms with Gasteiger partial charge in [0.25, 0.3) is 0 Å². The topological polar surface area (TPSA) is 52.3 Å². The molecule has 1 unspecified atom stereocenters. The van der Waals surface area contributed by atoms with Crippen LogP contribution in [-0.2, 0) is 15.5 Å². The van der Waals surface area contributed by atoms with Gasteiger partial charge in [-0.15, -0.1) is 0 Å². The summed E-state index contributed by atoms with van der Waals surface area (Å²) in [5, 5.41) is 0. The van der Waals surface area contributed by atoms with Crippen LogP contribution in [0.25, 0.3) is 0 Å². The zero-order valence-electron chi connectivity index (χ0n) is 6.34. The average molecular weight is 165 g/mol. The van der Waals surface area contributed by atoms with Gasteiger partial charge in [0.15, 0.2) is 0 Å². The average Bonchev–Trinajstić information content (AvgIpc) is 1.89. The van der Waals surface area contributed by atoms with Crippen molar-refractivity contribution in [1.82, 2.24) is 0 Å². The number of nitrogens with two attached hydrogens (primary N) is 1. The lowest BCUT2D eigenvalue weighted by molar-refractivity contribution is 0.164. The first-order valence-corrected chi connectivity index (χ1v) is 4.92. The fourth-order valence-corrected chi connectivity index (χ4v) is 1.30. The molecule has 4 heteroatoms. The Kier molecular flexibility index (Phi) is 7.23. The van der Waals surface area contributed by atoms with E-state index in [-0.39, 0.29) is 0 Å². The second-order valence-corrected chi connectivity index (χ2v) is 3.53. The highest BCUT2D eigenvalue weighted by atomic mass is 32.2. The Hall–Kier alpha value is 0.0700. The number of hydrogen-bond donors (Lipinski definition) is 1. The molecule has 0 fully saturated rings. The summed E-state index contributed by atoms with van der Waals surface area (Å²) in [6.07, 6.45) is 0. The van der Waals surface area contributed by atoms with Crippen LogP contribution < -0.4 is 5.73 Å². The van der Waals surface area contributed by atoms with E-state index in [1.807, 2.05) is 6.92 Å². The van der Waals surface area contributed by atoms with E-state index in [1.165, 1.54) is 0 Å².